The van der Waals surface area contributed by atoms with Crippen LogP contribution < -0.4 is 10.1 Å². The number of hydrogen-bond donors (Lipinski definition) is 2. The van der Waals surface area contributed by atoms with Crippen LogP contribution in [0.3, 0.4) is 0 Å². The van der Waals surface area contributed by atoms with Gasteiger partial charge in [0, 0.05) is 31.5 Å². The summed E-state index contributed by atoms with van der Waals surface area (Å²) in [5.74, 6) is -12.2. The summed E-state index contributed by atoms with van der Waals surface area (Å²) in [5.41, 5.74) is 0. The van der Waals surface area contributed by atoms with Crippen molar-refractivity contribution in [2.45, 2.75) is 19.0 Å². The van der Waals surface area contributed by atoms with Crippen molar-refractivity contribution in [1.29, 1.82) is 0 Å². The maximum atomic E-state index is 13.7. The lowest BCUT2D eigenvalue weighted by atomic mass is 10.1. The topological polar surface area (TPSA) is 142 Å². The molecule has 0 radical (unpaired) electrons. The highest BCUT2D eigenvalue weighted by Crippen LogP contribution is 2.26. The molecule has 2 N–H and O–H groups in total. The summed E-state index contributed by atoms with van der Waals surface area (Å²) < 4.78 is 58.6. The molecule has 1 aromatic carbocycles. The number of rotatable bonds is 11. The Bertz CT molecular complexity index is 1160. The summed E-state index contributed by atoms with van der Waals surface area (Å²) in [6.07, 6.45) is 2.21. The molecule has 2 heterocycles. The van der Waals surface area contributed by atoms with Gasteiger partial charge in [-0.3, -0.25) is 24.1 Å². The molecule has 2 aromatic rings. The Labute approximate surface area is 207 Å². The molecule has 3 rings (SSSR count). The van der Waals surface area contributed by atoms with Crippen LogP contribution in [0.15, 0.2) is 24.5 Å². The van der Waals surface area contributed by atoms with Crippen molar-refractivity contribution >= 4 is 23.6 Å². The first-order valence-electron chi connectivity index (χ1n) is 10.8. The molecule has 1 saturated heterocycles. The van der Waals surface area contributed by atoms with Gasteiger partial charge in [-0.1, -0.05) is 0 Å². The second-order valence-electron chi connectivity index (χ2n) is 7.96. The van der Waals surface area contributed by atoms with Crippen LogP contribution in [0.5, 0.6) is 5.75 Å². The predicted molar refractivity (Wildman–Crippen MR) is 115 cm³/mol. The smallest absolute Gasteiger partial charge is 0.305 e. The summed E-state index contributed by atoms with van der Waals surface area (Å²) in [4.78, 5) is 59.6. The molecular weight excluding hydrogens is 506 g/mol. The van der Waals surface area contributed by atoms with E-state index in [4.69, 9.17) is 5.11 Å². The highest BCUT2D eigenvalue weighted by molar-refractivity contribution is 5.94. The second-order valence-corrected chi connectivity index (χ2v) is 7.96. The second kappa shape index (κ2) is 12.2. The minimum atomic E-state index is -1.89. The Morgan fingerprint density at radius 2 is 1.73 bits per heavy atom. The van der Waals surface area contributed by atoms with E-state index in [1.807, 2.05) is 0 Å². The van der Waals surface area contributed by atoms with E-state index in [0.717, 1.165) is 0 Å². The van der Waals surface area contributed by atoms with Gasteiger partial charge in [0.15, 0.2) is 23.2 Å². The van der Waals surface area contributed by atoms with Crippen LogP contribution in [0.1, 0.15) is 12.2 Å². The summed E-state index contributed by atoms with van der Waals surface area (Å²) in [5, 5.41) is 11.2. The van der Waals surface area contributed by atoms with Gasteiger partial charge in [-0.15, -0.1) is 0 Å². The summed E-state index contributed by atoms with van der Waals surface area (Å²) in [6, 6.07) is -0.109. The number of Topliss-reactive ketones (excluding diaryl/α,β-unsaturated/α-hetero) is 1. The number of halogens is 4. The van der Waals surface area contributed by atoms with E-state index in [-0.39, 0.29) is 19.2 Å². The third-order valence-corrected chi connectivity index (χ3v) is 5.25. The van der Waals surface area contributed by atoms with Gasteiger partial charge in [-0.25, -0.2) is 18.7 Å². The van der Waals surface area contributed by atoms with E-state index >= 15 is 0 Å². The minimum Gasteiger partial charge on any atom is -0.481 e. The molecule has 0 saturated carbocycles. The van der Waals surface area contributed by atoms with Crippen molar-refractivity contribution in [3.63, 3.8) is 0 Å². The molecule has 15 heteroatoms. The number of carboxylic acids is 1. The fourth-order valence-corrected chi connectivity index (χ4v) is 3.43. The summed E-state index contributed by atoms with van der Waals surface area (Å²) >= 11 is 0. The third kappa shape index (κ3) is 7.42. The monoisotopic (exact) mass is 527 g/mol. The van der Waals surface area contributed by atoms with E-state index in [9.17, 15) is 36.7 Å². The molecule has 1 fully saturated rings. The van der Waals surface area contributed by atoms with Gasteiger partial charge in [0.25, 0.3) is 0 Å². The van der Waals surface area contributed by atoms with Gasteiger partial charge < -0.3 is 20.1 Å². The molecule has 1 aliphatic heterocycles. The number of amides is 2. The lowest BCUT2D eigenvalue weighted by Crippen LogP contribution is -2.54. The van der Waals surface area contributed by atoms with Crippen LogP contribution in [0.25, 0.3) is 0 Å². The minimum absolute atomic E-state index is 0.0296. The van der Waals surface area contributed by atoms with E-state index in [2.05, 4.69) is 20.0 Å². The lowest BCUT2D eigenvalue weighted by molar-refractivity contribution is -0.143. The first-order valence-corrected chi connectivity index (χ1v) is 10.8. The average Bonchev–Trinajstić information content (AvgIpc) is 2.84. The highest BCUT2D eigenvalue weighted by Gasteiger charge is 2.30. The number of piperazine rings is 1. The number of nitrogens with one attached hydrogen (secondary N) is 1. The Morgan fingerprint density at radius 1 is 1.08 bits per heavy atom. The maximum absolute atomic E-state index is 13.7. The Morgan fingerprint density at radius 3 is 2.32 bits per heavy atom. The number of carbonyl (C=O) groups is 4. The number of nitrogens with zero attached hydrogens (tertiary/aromatic N) is 4. The van der Waals surface area contributed by atoms with Crippen LogP contribution in [0, 0.1) is 23.3 Å². The van der Waals surface area contributed by atoms with Gasteiger partial charge in [-0.05, 0) is 6.07 Å². The summed E-state index contributed by atoms with van der Waals surface area (Å²) in [7, 11) is 0. The zero-order valence-electron chi connectivity index (χ0n) is 19.1. The molecule has 0 bridgehead atoms. The molecule has 37 heavy (non-hydrogen) atoms. The van der Waals surface area contributed by atoms with E-state index < -0.39 is 78.2 Å². The quantitative estimate of drug-likeness (QED) is 0.311. The number of hydrogen-bond acceptors (Lipinski definition) is 8. The Kier molecular flexibility index (Phi) is 9.05. The van der Waals surface area contributed by atoms with E-state index in [1.54, 1.807) is 23.4 Å². The van der Waals surface area contributed by atoms with Gasteiger partial charge >= 0.3 is 5.97 Å². The van der Waals surface area contributed by atoms with Crippen molar-refractivity contribution in [3.8, 4) is 5.75 Å². The van der Waals surface area contributed by atoms with Crippen molar-refractivity contribution in [2.24, 2.45) is 0 Å². The van der Waals surface area contributed by atoms with Crippen LogP contribution in [-0.2, 0) is 25.7 Å². The molecular formula is C22H21F4N5O6. The number of benzene rings is 1. The molecule has 0 spiro atoms. The van der Waals surface area contributed by atoms with E-state index in [1.165, 1.54) is 4.90 Å². The zero-order valence-corrected chi connectivity index (χ0v) is 19.1. The number of carboxylic acid groups (broad SMARTS) is 1. The number of ether oxygens (including phenoxy) is 1. The van der Waals surface area contributed by atoms with Crippen molar-refractivity contribution in [2.75, 3.05) is 32.8 Å². The SMILES string of the molecule is O=C(O)C[C@H](NC(=O)CN1CCN(Cc2ncccn2)CC1=O)C(=O)COc1c(F)c(F)cc(F)c1F. The highest BCUT2D eigenvalue weighted by atomic mass is 19.2. The molecule has 1 aliphatic rings. The first kappa shape index (κ1) is 27.4. The predicted octanol–water partition coefficient (Wildman–Crippen LogP) is 0.285. The number of ketones is 1. The molecule has 11 nitrogen and oxygen atoms in total. The van der Waals surface area contributed by atoms with Crippen molar-refractivity contribution in [3.05, 3.63) is 53.6 Å². The first-order chi connectivity index (χ1) is 17.5. The fraction of sp³-hybridized carbons (Fsp3) is 0.364. The van der Waals surface area contributed by atoms with Crippen molar-refractivity contribution in [1.82, 2.24) is 25.1 Å². The Balaban J connectivity index is 1.56. The van der Waals surface area contributed by atoms with Crippen LogP contribution in [-0.4, -0.2) is 87.3 Å². The zero-order chi connectivity index (χ0) is 27.1. The van der Waals surface area contributed by atoms with Crippen LogP contribution >= 0.6 is 0 Å². The Hall–Kier alpha value is -4.14. The number of carbonyl (C=O) groups excluding carboxylic acids is 3. The van der Waals surface area contributed by atoms with Crippen LogP contribution in [0.2, 0.25) is 0 Å². The third-order valence-electron chi connectivity index (χ3n) is 5.25. The van der Waals surface area contributed by atoms with Gasteiger partial charge in [0.1, 0.15) is 18.5 Å². The standard InChI is InChI=1S/C22H21F4N5O6/c23-12-6-13(24)21(26)22(20(12)25)37-11-15(32)14(7-19(35)36)29-17(33)9-31-5-4-30(10-18(31)34)8-16-27-2-1-3-28-16/h1-3,6,14H,4-5,7-11H2,(H,29,33)(H,35,36)/t14-/m0/s1. The van der Waals surface area contributed by atoms with E-state index in [0.29, 0.717) is 18.9 Å². The summed E-state index contributed by atoms with van der Waals surface area (Å²) in [6.45, 7) is -0.852. The fourth-order valence-electron chi connectivity index (χ4n) is 3.43. The van der Waals surface area contributed by atoms with Crippen LogP contribution in [0.4, 0.5) is 17.6 Å². The van der Waals surface area contributed by atoms with Gasteiger partial charge in [0.2, 0.25) is 23.4 Å². The average molecular weight is 527 g/mol. The van der Waals surface area contributed by atoms with Gasteiger partial charge in [-0.2, -0.15) is 8.78 Å². The molecule has 0 unspecified atom stereocenters. The maximum Gasteiger partial charge on any atom is 0.305 e. The number of aromatic nitrogens is 2. The lowest BCUT2D eigenvalue weighted by Gasteiger charge is -2.33. The molecule has 0 aliphatic carbocycles. The molecule has 2 amide bonds. The normalized spacial score (nSPS) is 14.8. The number of aliphatic carboxylic acids is 1. The molecule has 198 valence electrons. The van der Waals surface area contributed by atoms with Crippen molar-refractivity contribution < 1.29 is 46.6 Å². The largest absolute Gasteiger partial charge is 0.481 e. The van der Waals surface area contributed by atoms with Gasteiger partial charge in [0.05, 0.1) is 26.1 Å². The molecule has 1 aromatic heterocycles. The molecule has 1 atom stereocenters.